The molecular formula is C10H7F3Hg2O4. The van der Waals surface area contributed by atoms with E-state index in [1.807, 2.05) is 0 Å². The molecule has 0 spiro atoms. The fraction of sp³-hybridized carbons (Fsp3) is 0.200. The van der Waals surface area contributed by atoms with Crippen LogP contribution in [0, 0.1) is 12.2 Å². The molecule has 0 saturated heterocycles. The monoisotopic (exact) mass is 652 g/mol. The van der Waals surface area contributed by atoms with E-state index in [2.05, 4.69) is 0 Å². The maximum atomic E-state index is 11.9. The zero-order chi connectivity index (χ0) is 14.0. The molecule has 4 nitrogen and oxygen atoms in total. The minimum atomic E-state index is -1.15. The van der Waals surface area contributed by atoms with Crippen molar-refractivity contribution < 1.29 is 88.3 Å². The fourth-order valence-corrected chi connectivity index (χ4v) is 0.424. The van der Waals surface area contributed by atoms with E-state index in [0.29, 0.717) is 6.08 Å². The first-order valence-electron chi connectivity index (χ1n) is 3.96. The van der Waals surface area contributed by atoms with Crippen molar-refractivity contribution in [2.75, 3.05) is 0 Å². The summed E-state index contributed by atoms with van der Waals surface area (Å²) in [7, 11) is 0. The number of hydrogen-bond donors (Lipinski definition) is 0. The van der Waals surface area contributed by atoms with E-state index in [0.717, 1.165) is 13.8 Å². The number of halogens is 3. The van der Waals surface area contributed by atoms with Gasteiger partial charge in [0, 0.05) is 18.0 Å². The first-order valence-corrected chi connectivity index (χ1v) is 3.96. The largest absolute Gasteiger partial charge is 1.00 e. The van der Waals surface area contributed by atoms with E-state index in [-0.39, 0.29) is 55.3 Å². The van der Waals surface area contributed by atoms with Crippen LogP contribution in [0.15, 0.2) is 23.6 Å². The van der Waals surface area contributed by atoms with E-state index in [4.69, 9.17) is 19.8 Å². The summed E-state index contributed by atoms with van der Waals surface area (Å²) < 4.78 is 35.6. The second-order valence-corrected chi connectivity index (χ2v) is 2.39. The fourth-order valence-electron chi connectivity index (χ4n) is 0.424. The summed E-state index contributed by atoms with van der Waals surface area (Å²) in [5, 5.41) is 17.8. The third-order valence-electron chi connectivity index (χ3n) is 0.712. The van der Waals surface area contributed by atoms with Gasteiger partial charge in [0.05, 0.1) is 6.08 Å². The maximum Gasteiger partial charge on any atom is 1.00 e. The Bertz CT molecular complexity index is 313. The molecule has 0 atom stereocenters. The predicted octanol–water partition coefficient (Wildman–Crippen LogP) is -0.326. The van der Waals surface area contributed by atoms with Crippen molar-refractivity contribution in [3.05, 3.63) is 35.7 Å². The topological polar surface area (TPSA) is 80.3 Å². The van der Waals surface area contributed by atoms with Crippen LogP contribution in [0.3, 0.4) is 0 Å². The van der Waals surface area contributed by atoms with Crippen LogP contribution in [0.25, 0.3) is 0 Å². The number of carbonyl (C=O) groups excluding carboxylic acids is 2. The molecule has 0 fully saturated rings. The van der Waals surface area contributed by atoms with Gasteiger partial charge >= 0.3 is 55.3 Å². The molecule has 0 heterocycles. The van der Waals surface area contributed by atoms with Crippen molar-refractivity contribution >= 4 is 11.9 Å². The van der Waals surface area contributed by atoms with E-state index < -0.39 is 29.4 Å². The van der Waals surface area contributed by atoms with Gasteiger partial charge in [0.2, 0.25) is 0 Å². The molecule has 0 aromatic heterocycles. The molecule has 0 N–H and O–H groups in total. The molecule has 0 aliphatic heterocycles. The Balaban J connectivity index is -0.0000000975. The van der Waals surface area contributed by atoms with E-state index >= 15 is 0 Å². The molecule has 19 heavy (non-hydrogen) atoms. The van der Waals surface area contributed by atoms with Crippen molar-refractivity contribution in [2.45, 2.75) is 13.8 Å². The Labute approximate surface area is 149 Å². The van der Waals surface area contributed by atoms with Gasteiger partial charge in [-0.25, -0.2) is 4.39 Å². The Kier molecular flexibility index (Phi) is 22.5. The summed E-state index contributed by atoms with van der Waals surface area (Å²) in [4.78, 5) is 17.8. The molecule has 1 aliphatic carbocycles. The Morgan fingerprint density at radius 3 is 1.63 bits per heavy atom. The van der Waals surface area contributed by atoms with Crippen molar-refractivity contribution in [3.63, 3.8) is 0 Å². The van der Waals surface area contributed by atoms with Gasteiger partial charge in [-0.15, -0.1) is 0 Å². The van der Waals surface area contributed by atoms with Crippen LogP contribution in [0.5, 0.6) is 0 Å². The average molecular weight is 649 g/mol. The minimum Gasteiger partial charge on any atom is -0.550 e. The van der Waals surface area contributed by atoms with E-state index in [9.17, 15) is 13.2 Å². The summed E-state index contributed by atoms with van der Waals surface area (Å²) in [6.45, 7) is 1.94. The minimum absolute atomic E-state index is 0. The molecule has 0 aromatic carbocycles. The molecule has 9 heteroatoms. The van der Waals surface area contributed by atoms with Gasteiger partial charge in [0.1, 0.15) is 5.83 Å². The summed E-state index contributed by atoms with van der Waals surface area (Å²) in [5.74, 6) is -5.42. The molecule has 0 saturated carbocycles. The van der Waals surface area contributed by atoms with Gasteiger partial charge in [-0.1, -0.05) is 0 Å². The third kappa shape index (κ3) is 31.9. The van der Waals surface area contributed by atoms with E-state index in [1.54, 1.807) is 12.2 Å². The van der Waals surface area contributed by atoms with Crippen LogP contribution in [-0.4, -0.2) is 11.9 Å². The second-order valence-electron chi connectivity index (χ2n) is 2.39. The van der Waals surface area contributed by atoms with Crippen LogP contribution in [-0.2, 0) is 64.9 Å². The molecule has 0 unspecified atom stereocenters. The van der Waals surface area contributed by atoms with Crippen LogP contribution < -0.4 is 10.2 Å². The van der Waals surface area contributed by atoms with Gasteiger partial charge in [0.25, 0.3) is 0 Å². The van der Waals surface area contributed by atoms with Crippen LogP contribution >= 0.6 is 0 Å². The zero-order valence-electron chi connectivity index (χ0n) is 10.3. The molecular weight excluding hydrogens is 642 g/mol. The van der Waals surface area contributed by atoms with Gasteiger partial charge < -0.3 is 19.8 Å². The molecule has 96 valence electrons. The van der Waals surface area contributed by atoms with Crippen molar-refractivity contribution in [3.8, 4) is 0 Å². The quantitative estimate of drug-likeness (QED) is 0.266. The van der Waals surface area contributed by atoms with Crippen LogP contribution in [0.4, 0.5) is 13.2 Å². The SMILES string of the molecule is CC(=O)[O-].CC(=O)[O-].FC1=[C+]C(F)=[C-]C(F)=C1.[Hg+].[Hg+]. The molecule has 0 aromatic rings. The van der Waals surface area contributed by atoms with Crippen molar-refractivity contribution in [1.82, 2.24) is 0 Å². The summed E-state index contributed by atoms with van der Waals surface area (Å²) in [5.41, 5.74) is 0. The summed E-state index contributed by atoms with van der Waals surface area (Å²) in [6, 6.07) is 0. The summed E-state index contributed by atoms with van der Waals surface area (Å²) >= 11 is 0. The number of allylic oxidation sites excluding steroid dienone is 6. The normalized spacial score (nSPS) is 10.9. The van der Waals surface area contributed by atoms with Gasteiger partial charge in [0.15, 0.2) is 11.7 Å². The van der Waals surface area contributed by atoms with Crippen molar-refractivity contribution in [1.29, 1.82) is 0 Å². The number of carbonyl (C=O) groups is 2. The Morgan fingerprint density at radius 1 is 1.11 bits per heavy atom. The van der Waals surface area contributed by atoms with Gasteiger partial charge in [-0.2, -0.15) is 8.78 Å². The Hall–Kier alpha value is -0.270. The standard InChI is InChI=1S/C6HF3.2C2H4O2.2Hg/c7-4-1-5(8)3-6(9)2-4;2*1-2(3)4;;/h1H;2*1H3,(H,3,4);;/q;;;2*+1/p-2. The second kappa shape index (κ2) is 15.8. The van der Waals surface area contributed by atoms with E-state index in [1.165, 1.54) is 0 Å². The summed E-state index contributed by atoms with van der Waals surface area (Å²) in [6.07, 6.45) is 3.67. The number of rotatable bonds is 0. The van der Waals surface area contributed by atoms with Gasteiger partial charge in [-0.3, -0.25) is 0 Å². The molecule has 1 aliphatic rings. The first-order chi connectivity index (χ1) is 7.65. The smallest absolute Gasteiger partial charge is 0.550 e. The third-order valence-corrected chi connectivity index (χ3v) is 0.712. The molecule has 0 bridgehead atoms. The van der Waals surface area contributed by atoms with Crippen LogP contribution in [0.2, 0.25) is 0 Å². The number of carboxylic acids is 2. The average Bonchev–Trinajstić information content (AvgIpc) is 1.96. The maximum absolute atomic E-state index is 11.9. The van der Waals surface area contributed by atoms with Gasteiger partial charge in [-0.05, 0) is 19.9 Å². The predicted molar refractivity (Wildman–Crippen MR) is 46.3 cm³/mol. The number of aliphatic carboxylic acids is 2. The Morgan fingerprint density at radius 2 is 1.42 bits per heavy atom. The zero-order valence-corrected chi connectivity index (χ0v) is 21.3. The van der Waals surface area contributed by atoms with Crippen molar-refractivity contribution in [2.24, 2.45) is 0 Å². The van der Waals surface area contributed by atoms with Crippen LogP contribution in [0.1, 0.15) is 13.8 Å². The first kappa shape index (κ1) is 27.1. The molecule has 1 rings (SSSR count). The number of hydrogen-bond acceptors (Lipinski definition) is 4. The molecule has 0 amide bonds. The number of carboxylic acid groups (broad SMARTS) is 2. The molecule has 2 radical (unpaired) electrons.